The molecule has 0 saturated carbocycles. The Balaban J connectivity index is 1.95. The lowest BCUT2D eigenvalue weighted by atomic mass is 9.99. The molecule has 2 aromatic heterocycles. The SMILES string of the molecule is Clc1ccc(NC(c2ccccc2)c2ccncc2)cn1. The predicted octanol–water partition coefficient (Wildman–Crippen LogP) is 4.33. The van der Waals surface area contributed by atoms with Gasteiger partial charge in [-0.1, -0.05) is 41.9 Å². The van der Waals surface area contributed by atoms with Gasteiger partial charge in [-0.15, -0.1) is 0 Å². The first-order valence-electron chi connectivity index (χ1n) is 6.66. The molecule has 104 valence electrons. The van der Waals surface area contributed by atoms with Gasteiger partial charge >= 0.3 is 0 Å². The van der Waals surface area contributed by atoms with Gasteiger partial charge in [0.05, 0.1) is 17.9 Å². The molecule has 21 heavy (non-hydrogen) atoms. The van der Waals surface area contributed by atoms with Gasteiger partial charge in [0.1, 0.15) is 5.15 Å². The molecule has 0 aliphatic heterocycles. The van der Waals surface area contributed by atoms with Crippen LogP contribution in [-0.4, -0.2) is 9.97 Å². The van der Waals surface area contributed by atoms with Crippen molar-refractivity contribution in [3.05, 3.63) is 89.5 Å². The zero-order valence-electron chi connectivity index (χ0n) is 11.3. The summed E-state index contributed by atoms with van der Waals surface area (Å²) in [4.78, 5) is 8.19. The number of halogens is 1. The van der Waals surface area contributed by atoms with Gasteiger partial charge in [0.2, 0.25) is 0 Å². The molecule has 0 amide bonds. The van der Waals surface area contributed by atoms with Crippen LogP contribution in [0.15, 0.2) is 73.2 Å². The summed E-state index contributed by atoms with van der Waals surface area (Å²) in [7, 11) is 0. The third-order valence-electron chi connectivity index (χ3n) is 3.21. The molecular formula is C17H14ClN3. The van der Waals surface area contributed by atoms with E-state index in [2.05, 4.69) is 27.4 Å². The molecular weight excluding hydrogens is 282 g/mol. The highest BCUT2D eigenvalue weighted by atomic mass is 35.5. The predicted molar refractivity (Wildman–Crippen MR) is 85.4 cm³/mol. The second kappa shape index (κ2) is 6.37. The molecule has 0 aliphatic carbocycles. The quantitative estimate of drug-likeness (QED) is 0.728. The average molecular weight is 296 g/mol. The van der Waals surface area contributed by atoms with Crippen molar-refractivity contribution in [2.24, 2.45) is 0 Å². The van der Waals surface area contributed by atoms with Gasteiger partial charge < -0.3 is 5.32 Å². The summed E-state index contributed by atoms with van der Waals surface area (Å²) < 4.78 is 0. The van der Waals surface area contributed by atoms with Crippen LogP contribution in [-0.2, 0) is 0 Å². The lowest BCUT2D eigenvalue weighted by Crippen LogP contribution is -2.12. The smallest absolute Gasteiger partial charge is 0.129 e. The molecule has 3 nitrogen and oxygen atoms in total. The van der Waals surface area contributed by atoms with Gasteiger partial charge in [-0.25, -0.2) is 4.98 Å². The molecule has 1 N–H and O–H groups in total. The number of hydrogen-bond acceptors (Lipinski definition) is 3. The number of pyridine rings is 2. The molecule has 0 fully saturated rings. The number of benzene rings is 1. The van der Waals surface area contributed by atoms with Crippen LogP contribution >= 0.6 is 11.6 Å². The third kappa shape index (κ3) is 3.38. The van der Waals surface area contributed by atoms with Crippen LogP contribution in [0.4, 0.5) is 5.69 Å². The van der Waals surface area contributed by atoms with Crippen molar-refractivity contribution in [2.75, 3.05) is 5.32 Å². The van der Waals surface area contributed by atoms with Crippen molar-refractivity contribution in [3.8, 4) is 0 Å². The number of aromatic nitrogens is 2. The van der Waals surface area contributed by atoms with Gasteiger partial charge in [-0.2, -0.15) is 0 Å². The van der Waals surface area contributed by atoms with E-state index in [1.54, 1.807) is 24.7 Å². The normalized spacial score (nSPS) is 11.9. The summed E-state index contributed by atoms with van der Waals surface area (Å²) in [6, 6.07) is 18.0. The Morgan fingerprint density at radius 1 is 0.857 bits per heavy atom. The van der Waals surface area contributed by atoms with Gasteiger partial charge in [0, 0.05) is 12.4 Å². The molecule has 0 saturated heterocycles. The van der Waals surface area contributed by atoms with Crippen LogP contribution in [0.25, 0.3) is 0 Å². The molecule has 3 aromatic rings. The standard InChI is InChI=1S/C17H14ClN3/c18-16-7-6-15(12-20-16)21-17(13-4-2-1-3-5-13)14-8-10-19-11-9-14/h1-12,17,21H. The molecule has 0 spiro atoms. The van der Waals surface area contributed by atoms with Crippen molar-refractivity contribution in [1.29, 1.82) is 0 Å². The maximum absolute atomic E-state index is 5.84. The van der Waals surface area contributed by atoms with Crippen LogP contribution in [0.2, 0.25) is 5.15 Å². The molecule has 3 rings (SSSR count). The Morgan fingerprint density at radius 3 is 2.24 bits per heavy atom. The average Bonchev–Trinajstić information content (AvgIpc) is 2.56. The molecule has 1 unspecified atom stereocenters. The van der Waals surface area contributed by atoms with Crippen molar-refractivity contribution in [2.45, 2.75) is 6.04 Å². The van der Waals surface area contributed by atoms with E-state index in [1.807, 2.05) is 36.4 Å². The van der Waals surface area contributed by atoms with Crippen LogP contribution in [0.5, 0.6) is 0 Å². The summed E-state index contributed by atoms with van der Waals surface area (Å²) in [6.45, 7) is 0. The van der Waals surface area contributed by atoms with E-state index in [0.29, 0.717) is 5.15 Å². The molecule has 0 radical (unpaired) electrons. The van der Waals surface area contributed by atoms with Crippen LogP contribution in [0, 0.1) is 0 Å². The second-order valence-corrected chi connectivity index (χ2v) is 5.03. The fourth-order valence-electron chi connectivity index (χ4n) is 2.19. The fourth-order valence-corrected chi connectivity index (χ4v) is 2.30. The number of anilines is 1. The van der Waals surface area contributed by atoms with E-state index in [0.717, 1.165) is 11.3 Å². The Kier molecular flexibility index (Phi) is 4.12. The largest absolute Gasteiger partial charge is 0.373 e. The van der Waals surface area contributed by atoms with E-state index in [1.165, 1.54) is 5.56 Å². The first-order chi connectivity index (χ1) is 10.3. The fraction of sp³-hybridized carbons (Fsp3) is 0.0588. The van der Waals surface area contributed by atoms with Crippen molar-refractivity contribution < 1.29 is 0 Å². The van der Waals surface area contributed by atoms with Gasteiger partial charge in [0.15, 0.2) is 0 Å². The maximum atomic E-state index is 5.84. The summed E-state index contributed by atoms with van der Waals surface area (Å²) in [5.41, 5.74) is 3.25. The third-order valence-corrected chi connectivity index (χ3v) is 3.43. The van der Waals surface area contributed by atoms with Gasteiger partial charge in [-0.05, 0) is 35.4 Å². The molecule has 0 aliphatic rings. The van der Waals surface area contributed by atoms with Crippen molar-refractivity contribution in [3.63, 3.8) is 0 Å². The zero-order chi connectivity index (χ0) is 14.5. The zero-order valence-corrected chi connectivity index (χ0v) is 12.0. The highest BCUT2D eigenvalue weighted by molar-refractivity contribution is 6.29. The van der Waals surface area contributed by atoms with E-state index in [9.17, 15) is 0 Å². The minimum atomic E-state index is 0.0391. The number of rotatable bonds is 4. The topological polar surface area (TPSA) is 37.8 Å². The van der Waals surface area contributed by atoms with E-state index >= 15 is 0 Å². The van der Waals surface area contributed by atoms with Gasteiger partial charge in [0.25, 0.3) is 0 Å². The van der Waals surface area contributed by atoms with Crippen LogP contribution < -0.4 is 5.32 Å². The Morgan fingerprint density at radius 2 is 1.57 bits per heavy atom. The monoisotopic (exact) mass is 295 g/mol. The van der Waals surface area contributed by atoms with E-state index in [-0.39, 0.29) is 6.04 Å². The Labute approximate surface area is 128 Å². The van der Waals surface area contributed by atoms with Crippen molar-refractivity contribution in [1.82, 2.24) is 9.97 Å². The van der Waals surface area contributed by atoms with E-state index < -0.39 is 0 Å². The summed E-state index contributed by atoms with van der Waals surface area (Å²) in [5, 5.41) is 3.98. The molecule has 0 bridgehead atoms. The molecule has 4 heteroatoms. The van der Waals surface area contributed by atoms with Crippen LogP contribution in [0.3, 0.4) is 0 Å². The lowest BCUT2D eigenvalue weighted by Gasteiger charge is -2.20. The second-order valence-electron chi connectivity index (χ2n) is 4.64. The lowest BCUT2D eigenvalue weighted by molar-refractivity contribution is 0.931. The van der Waals surface area contributed by atoms with Gasteiger partial charge in [-0.3, -0.25) is 4.98 Å². The number of nitrogens with zero attached hydrogens (tertiary/aromatic N) is 2. The molecule has 2 heterocycles. The summed E-state index contributed by atoms with van der Waals surface area (Å²) in [6.07, 6.45) is 5.33. The Bertz CT molecular complexity index is 645. The maximum Gasteiger partial charge on any atom is 0.129 e. The van der Waals surface area contributed by atoms with E-state index in [4.69, 9.17) is 11.6 Å². The van der Waals surface area contributed by atoms with Crippen LogP contribution in [0.1, 0.15) is 17.2 Å². The molecule has 1 aromatic carbocycles. The minimum absolute atomic E-state index is 0.0391. The number of hydrogen-bond donors (Lipinski definition) is 1. The highest BCUT2D eigenvalue weighted by Gasteiger charge is 2.13. The minimum Gasteiger partial charge on any atom is -0.373 e. The number of nitrogens with one attached hydrogen (secondary N) is 1. The first kappa shape index (κ1) is 13.6. The first-order valence-corrected chi connectivity index (χ1v) is 7.04. The highest BCUT2D eigenvalue weighted by Crippen LogP contribution is 2.26. The van der Waals surface area contributed by atoms with Crippen molar-refractivity contribution >= 4 is 17.3 Å². The summed E-state index contributed by atoms with van der Waals surface area (Å²) in [5.74, 6) is 0. The molecule has 1 atom stereocenters. The Hall–Kier alpha value is -2.39. The summed E-state index contributed by atoms with van der Waals surface area (Å²) >= 11 is 5.84.